The second kappa shape index (κ2) is 8.77. The van der Waals surface area contributed by atoms with Crippen molar-refractivity contribution in [3.63, 3.8) is 0 Å². The Hall–Kier alpha value is -2.73. The molecule has 27 heavy (non-hydrogen) atoms. The predicted octanol–water partition coefficient (Wildman–Crippen LogP) is 2.13. The maximum atomic E-state index is 12.9. The van der Waals surface area contributed by atoms with Crippen LogP contribution in [0.25, 0.3) is 0 Å². The summed E-state index contributed by atoms with van der Waals surface area (Å²) in [6, 6.07) is 13.2. The van der Waals surface area contributed by atoms with Crippen LogP contribution in [0.2, 0.25) is 0 Å². The van der Waals surface area contributed by atoms with Crippen LogP contribution in [0, 0.1) is 0 Å². The lowest BCUT2D eigenvalue weighted by atomic mass is 10.1. The Bertz CT molecular complexity index is 786. The van der Waals surface area contributed by atoms with E-state index < -0.39 is 0 Å². The summed E-state index contributed by atoms with van der Waals surface area (Å²) in [6.07, 6.45) is 1.55. The first-order valence-electron chi connectivity index (χ1n) is 9.35. The standard InChI is InChI=1S/C21H26N4O2/c1-3-24(16-17-7-5-4-6-8-17)21(27)19-15-18(9-10-22-19)20(26)25-13-11-23(2)12-14-25/h4-10,15H,3,11-14,16H2,1-2H3. The number of piperazine rings is 1. The number of carbonyl (C=O) groups is 2. The second-order valence-corrected chi connectivity index (χ2v) is 6.83. The number of benzene rings is 1. The van der Waals surface area contributed by atoms with Crippen molar-refractivity contribution in [2.75, 3.05) is 39.8 Å². The van der Waals surface area contributed by atoms with Crippen molar-refractivity contribution in [2.45, 2.75) is 13.5 Å². The van der Waals surface area contributed by atoms with Crippen molar-refractivity contribution in [1.82, 2.24) is 19.7 Å². The molecular formula is C21H26N4O2. The zero-order chi connectivity index (χ0) is 19.2. The minimum atomic E-state index is -0.158. The van der Waals surface area contributed by atoms with E-state index in [1.54, 1.807) is 23.2 Å². The van der Waals surface area contributed by atoms with Gasteiger partial charge in [-0.2, -0.15) is 0 Å². The number of nitrogens with zero attached hydrogens (tertiary/aromatic N) is 4. The van der Waals surface area contributed by atoms with Crippen molar-refractivity contribution in [1.29, 1.82) is 0 Å². The first-order valence-corrected chi connectivity index (χ1v) is 9.35. The average molecular weight is 366 g/mol. The first-order chi connectivity index (χ1) is 13.1. The van der Waals surface area contributed by atoms with Crippen LogP contribution in [-0.2, 0) is 6.54 Å². The summed E-state index contributed by atoms with van der Waals surface area (Å²) in [5, 5.41) is 0. The van der Waals surface area contributed by atoms with Crippen LogP contribution in [0.1, 0.15) is 33.3 Å². The van der Waals surface area contributed by atoms with Gasteiger partial charge in [0.05, 0.1) is 0 Å². The number of pyridine rings is 1. The summed E-state index contributed by atoms with van der Waals surface area (Å²) >= 11 is 0. The fraction of sp³-hybridized carbons (Fsp3) is 0.381. The van der Waals surface area contributed by atoms with Gasteiger partial charge < -0.3 is 14.7 Å². The summed E-state index contributed by atoms with van der Waals surface area (Å²) in [6.45, 7) is 6.18. The Labute approximate surface area is 160 Å². The minimum Gasteiger partial charge on any atom is -0.336 e. The van der Waals surface area contributed by atoms with Gasteiger partial charge in [-0.25, -0.2) is 0 Å². The van der Waals surface area contributed by atoms with Gasteiger partial charge in [0.2, 0.25) is 0 Å². The quantitative estimate of drug-likeness (QED) is 0.813. The van der Waals surface area contributed by atoms with E-state index in [0.29, 0.717) is 37.4 Å². The third-order valence-electron chi connectivity index (χ3n) is 4.90. The van der Waals surface area contributed by atoms with Crippen molar-refractivity contribution >= 4 is 11.8 Å². The molecule has 2 heterocycles. The highest BCUT2D eigenvalue weighted by Crippen LogP contribution is 2.12. The van der Waals surface area contributed by atoms with Crippen LogP contribution < -0.4 is 0 Å². The van der Waals surface area contributed by atoms with Gasteiger partial charge in [-0.05, 0) is 31.7 Å². The van der Waals surface area contributed by atoms with Gasteiger partial charge >= 0.3 is 0 Å². The van der Waals surface area contributed by atoms with Crippen LogP contribution in [0.5, 0.6) is 0 Å². The summed E-state index contributed by atoms with van der Waals surface area (Å²) in [5.41, 5.74) is 1.90. The van der Waals surface area contributed by atoms with E-state index in [-0.39, 0.29) is 11.8 Å². The lowest BCUT2D eigenvalue weighted by Gasteiger charge is -2.32. The molecule has 0 N–H and O–H groups in total. The number of hydrogen-bond acceptors (Lipinski definition) is 4. The lowest BCUT2D eigenvalue weighted by Crippen LogP contribution is -2.47. The average Bonchev–Trinajstić information content (AvgIpc) is 2.72. The molecule has 1 saturated heterocycles. The zero-order valence-corrected chi connectivity index (χ0v) is 16.0. The Morgan fingerprint density at radius 2 is 1.78 bits per heavy atom. The van der Waals surface area contributed by atoms with E-state index in [4.69, 9.17) is 0 Å². The third kappa shape index (κ3) is 4.71. The Morgan fingerprint density at radius 3 is 2.44 bits per heavy atom. The normalized spacial score (nSPS) is 14.8. The first kappa shape index (κ1) is 19.0. The fourth-order valence-corrected chi connectivity index (χ4v) is 3.17. The molecular weight excluding hydrogens is 340 g/mol. The summed E-state index contributed by atoms with van der Waals surface area (Å²) in [4.78, 5) is 35.7. The topological polar surface area (TPSA) is 56.8 Å². The summed E-state index contributed by atoms with van der Waals surface area (Å²) in [5.74, 6) is -0.194. The van der Waals surface area contributed by atoms with E-state index in [9.17, 15) is 9.59 Å². The third-order valence-corrected chi connectivity index (χ3v) is 4.90. The van der Waals surface area contributed by atoms with Gasteiger partial charge in [0.1, 0.15) is 5.69 Å². The van der Waals surface area contributed by atoms with E-state index in [0.717, 1.165) is 18.7 Å². The SMILES string of the molecule is CCN(Cc1ccccc1)C(=O)c1cc(C(=O)N2CCN(C)CC2)ccn1. The molecule has 3 rings (SSSR count). The van der Waals surface area contributed by atoms with E-state index >= 15 is 0 Å². The Morgan fingerprint density at radius 1 is 1.07 bits per heavy atom. The molecule has 0 spiro atoms. The van der Waals surface area contributed by atoms with E-state index in [1.807, 2.05) is 42.2 Å². The molecule has 1 fully saturated rings. The highest BCUT2D eigenvalue weighted by Gasteiger charge is 2.22. The molecule has 0 radical (unpaired) electrons. The number of aromatic nitrogens is 1. The van der Waals surface area contributed by atoms with Crippen LogP contribution in [0.15, 0.2) is 48.7 Å². The van der Waals surface area contributed by atoms with Gasteiger partial charge in [0, 0.05) is 51.0 Å². The number of carbonyl (C=O) groups excluding carboxylic acids is 2. The van der Waals surface area contributed by atoms with Crippen molar-refractivity contribution in [2.24, 2.45) is 0 Å². The number of rotatable bonds is 5. The van der Waals surface area contributed by atoms with Crippen LogP contribution in [0.4, 0.5) is 0 Å². The molecule has 1 aliphatic rings. The van der Waals surface area contributed by atoms with Crippen molar-refractivity contribution in [3.05, 3.63) is 65.5 Å². The molecule has 0 bridgehead atoms. The second-order valence-electron chi connectivity index (χ2n) is 6.83. The molecule has 0 unspecified atom stereocenters. The van der Waals surface area contributed by atoms with Gasteiger partial charge in [-0.15, -0.1) is 0 Å². The Balaban J connectivity index is 1.73. The smallest absolute Gasteiger partial charge is 0.272 e. The van der Waals surface area contributed by atoms with Crippen LogP contribution in [0.3, 0.4) is 0 Å². The van der Waals surface area contributed by atoms with Gasteiger partial charge in [-0.1, -0.05) is 30.3 Å². The maximum absolute atomic E-state index is 12.9. The summed E-state index contributed by atoms with van der Waals surface area (Å²) in [7, 11) is 2.05. The van der Waals surface area contributed by atoms with E-state index in [2.05, 4.69) is 16.9 Å². The van der Waals surface area contributed by atoms with Crippen LogP contribution >= 0.6 is 0 Å². The number of hydrogen-bond donors (Lipinski definition) is 0. The minimum absolute atomic E-state index is 0.0364. The number of amides is 2. The van der Waals surface area contributed by atoms with Crippen LogP contribution in [-0.4, -0.2) is 71.3 Å². The molecule has 0 atom stereocenters. The largest absolute Gasteiger partial charge is 0.336 e. The van der Waals surface area contributed by atoms with Gasteiger partial charge in [0.25, 0.3) is 11.8 Å². The molecule has 0 aliphatic carbocycles. The summed E-state index contributed by atoms with van der Waals surface area (Å²) < 4.78 is 0. The zero-order valence-electron chi connectivity index (χ0n) is 16.0. The highest BCUT2D eigenvalue weighted by atomic mass is 16.2. The molecule has 142 valence electrons. The maximum Gasteiger partial charge on any atom is 0.272 e. The molecule has 2 amide bonds. The molecule has 6 heteroatoms. The van der Waals surface area contributed by atoms with Crippen molar-refractivity contribution in [3.8, 4) is 0 Å². The van der Waals surface area contributed by atoms with Crippen molar-refractivity contribution < 1.29 is 9.59 Å². The molecule has 1 aliphatic heterocycles. The molecule has 2 aromatic rings. The highest BCUT2D eigenvalue weighted by molar-refractivity contribution is 5.98. The Kier molecular flexibility index (Phi) is 6.19. The van der Waals surface area contributed by atoms with Gasteiger partial charge in [-0.3, -0.25) is 14.6 Å². The molecule has 0 saturated carbocycles. The molecule has 6 nitrogen and oxygen atoms in total. The van der Waals surface area contributed by atoms with E-state index in [1.165, 1.54) is 0 Å². The number of likely N-dealkylation sites (N-methyl/N-ethyl adjacent to an activating group) is 1. The van der Waals surface area contributed by atoms with Gasteiger partial charge in [0.15, 0.2) is 0 Å². The predicted molar refractivity (Wildman–Crippen MR) is 104 cm³/mol. The molecule has 1 aromatic carbocycles. The lowest BCUT2D eigenvalue weighted by molar-refractivity contribution is 0.0664. The fourth-order valence-electron chi connectivity index (χ4n) is 3.17. The monoisotopic (exact) mass is 366 g/mol. The molecule has 1 aromatic heterocycles.